The molecule has 73 heavy (non-hydrogen) atoms. The number of phosphoric acid groups is 1. The first kappa shape index (κ1) is 70.5. The van der Waals surface area contributed by atoms with Crippen LogP contribution in [0.4, 0.5) is 0 Å². The molecule has 10 heteroatoms. The molecule has 2 unspecified atom stereocenters. The number of carbonyl (C=O) groups is 2. The van der Waals surface area contributed by atoms with Gasteiger partial charge in [0.15, 0.2) is 6.10 Å². The van der Waals surface area contributed by atoms with Crippen LogP contribution in [0.1, 0.15) is 264 Å². The molecule has 0 fully saturated rings. The SMILES string of the molecule is CC/C=C\C/C=C\C/C=C\C/C=C\C/C=C\C/C=C\CCCCCCCCCCCCCCCCCCC(=O)OC(COC(=O)CCCCCCCCCCCCCCCC)COP(=O)([O-])OCC[N+](C)(C)C. The van der Waals surface area contributed by atoms with E-state index in [-0.39, 0.29) is 32.0 Å². The van der Waals surface area contributed by atoms with Crippen molar-refractivity contribution in [3.05, 3.63) is 72.9 Å². The van der Waals surface area contributed by atoms with E-state index in [0.717, 1.165) is 77.0 Å². The van der Waals surface area contributed by atoms with Gasteiger partial charge in [-0.3, -0.25) is 14.2 Å². The smallest absolute Gasteiger partial charge is 0.306 e. The molecule has 0 amide bonds. The van der Waals surface area contributed by atoms with Gasteiger partial charge in [-0.15, -0.1) is 0 Å². The highest BCUT2D eigenvalue weighted by Crippen LogP contribution is 2.38. The van der Waals surface area contributed by atoms with Crippen LogP contribution in [0.2, 0.25) is 0 Å². The van der Waals surface area contributed by atoms with Crippen LogP contribution < -0.4 is 4.89 Å². The zero-order chi connectivity index (χ0) is 53.5. The number of hydrogen-bond acceptors (Lipinski definition) is 8. The Hall–Kier alpha value is -2.55. The molecule has 0 aliphatic carbocycles. The zero-order valence-corrected chi connectivity index (χ0v) is 49.0. The van der Waals surface area contributed by atoms with Crippen molar-refractivity contribution in [3.8, 4) is 0 Å². The Balaban J connectivity index is 4.02. The van der Waals surface area contributed by atoms with E-state index in [1.165, 1.54) is 154 Å². The Kier molecular flexibility index (Phi) is 52.4. The molecular weight excluding hydrogens is 930 g/mol. The van der Waals surface area contributed by atoms with Gasteiger partial charge >= 0.3 is 11.9 Å². The topological polar surface area (TPSA) is 111 Å². The first-order chi connectivity index (χ1) is 35.5. The molecule has 0 radical (unpaired) electrons. The van der Waals surface area contributed by atoms with Gasteiger partial charge in [0.2, 0.25) is 0 Å². The van der Waals surface area contributed by atoms with Crippen molar-refractivity contribution < 1.29 is 42.1 Å². The number of carbonyl (C=O) groups excluding carboxylic acids is 2. The molecule has 0 saturated carbocycles. The maximum atomic E-state index is 12.8. The van der Waals surface area contributed by atoms with E-state index in [1.54, 1.807) is 0 Å². The largest absolute Gasteiger partial charge is 0.756 e. The highest BCUT2D eigenvalue weighted by Gasteiger charge is 2.22. The average molecular weight is 1040 g/mol. The lowest BCUT2D eigenvalue weighted by molar-refractivity contribution is -0.870. The van der Waals surface area contributed by atoms with Crippen molar-refractivity contribution in [2.45, 2.75) is 270 Å². The Morgan fingerprint density at radius 3 is 1.16 bits per heavy atom. The van der Waals surface area contributed by atoms with Crippen LogP contribution in [0.15, 0.2) is 72.9 Å². The summed E-state index contributed by atoms with van der Waals surface area (Å²) in [7, 11) is 1.17. The van der Waals surface area contributed by atoms with Gasteiger partial charge in [-0.05, 0) is 64.2 Å². The minimum Gasteiger partial charge on any atom is -0.756 e. The van der Waals surface area contributed by atoms with Crippen LogP contribution in [-0.4, -0.2) is 70.0 Å². The molecule has 0 spiro atoms. The second-order valence-electron chi connectivity index (χ2n) is 21.3. The summed E-state index contributed by atoms with van der Waals surface area (Å²) in [6.07, 6.45) is 71.0. The van der Waals surface area contributed by atoms with E-state index in [0.29, 0.717) is 17.4 Å². The van der Waals surface area contributed by atoms with Crippen molar-refractivity contribution in [3.63, 3.8) is 0 Å². The van der Waals surface area contributed by atoms with Gasteiger partial charge in [0, 0.05) is 12.8 Å². The predicted octanol–water partition coefficient (Wildman–Crippen LogP) is 18.2. The lowest BCUT2D eigenvalue weighted by Gasteiger charge is -2.28. The summed E-state index contributed by atoms with van der Waals surface area (Å²) in [6, 6.07) is 0. The second-order valence-corrected chi connectivity index (χ2v) is 22.8. The number of allylic oxidation sites excluding steroid dienone is 12. The van der Waals surface area contributed by atoms with Crippen LogP contribution in [0, 0.1) is 0 Å². The molecule has 0 aliphatic rings. The molecule has 0 bridgehead atoms. The van der Waals surface area contributed by atoms with E-state index in [4.69, 9.17) is 18.5 Å². The van der Waals surface area contributed by atoms with Gasteiger partial charge in [0.25, 0.3) is 7.82 Å². The summed E-state index contributed by atoms with van der Waals surface area (Å²) in [5.41, 5.74) is 0. The number of quaternary nitrogens is 1. The lowest BCUT2D eigenvalue weighted by Crippen LogP contribution is -2.37. The van der Waals surface area contributed by atoms with E-state index < -0.39 is 26.5 Å². The van der Waals surface area contributed by atoms with Crippen molar-refractivity contribution in [2.24, 2.45) is 0 Å². The molecule has 0 aliphatic heterocycles. The predicted molar refractivity (Wildman–Crippen MR) is 309 cm³/mol. The van der Waals surface area contributed by atoms with Crippen LogP contribution in [0.5, 0.6) is 0 Å². The summed E-state index contributed by atoms with van der Waals surface area (Å²) in [4.78, 5) is 37.8. The summed E-state index contributed by atoms with van der Waals surface area (Å²) >= 11 is 0. The summed E-state index contributed by atoms with van der Waals surface area (Å²) in [5.74, 6) is -0.824. The van der Waals surface area contributed by atoms with Gasteiger partial charge in [-0.2, -0.15) is 0 Å². The van der Waals surface area contributed by atoms with Crippen molar-refractivity contribution in [1.29, 1.82) is 0 Å². The Bertz CT molecular complexity index is 1460. The summed E-state index contributed by atoms with van der Waals surface area (Å²) in [5, 5.41) is 0. The Morgan fingerprint density at radius 1 is 0.438 bits per heavy atom. The summed E-state index contributed by atoms with van der Waals surface area (Å²) in [6.45, 7) is 4.15. The van der Waals surface area contributed by atoms with Crippen molar-refractivity contribution in [2.75, 3.05) is 47.5 Å². The van der Waals surface area contributed by atoms with Gasteiger partial charge < -0.3 is 27.9 Å². The van der Waals surface area contributed by atoms with E-state index in [2.05, 4.69) is 86.8 Å². The van der Waals surface area contributed by atoms with Crippen LogP contribution in [0.25, 0.3) is 0 Å². The van der Waals surface area contributed by atoms with E-state index in [1.807, 2.05) is 21.1 Å². The molecule has 0 aromatic carbocycles. The summed E-state index contributed by atoms with van der Waals surface area (Å²) < 4.78 is 34.1. The Labute approximate surface area is 450 Å². The number of esters is 2. The number of rotatable bonds is 55. The molecule has 0 rings (SSSR count). The van der Waals surface area contributed by atoms with E-state index in [9.17, 15) is 19.0 Å². The molecule has 9 nitrogen and oxygen atoms in total. The monoisotopic (exact) mass is 1040 g/mol. The maximum Gasteiger partial charge on any atom is 0.306 e. The first-order valence-electron chi connectivity index (χ1n) is 30.1. The third kappa shape index (κ3) is 58.6. The number of ether oxygens (including phenoxy) is 2. The minimum absolute atomic E-state index is 0.0304. The number of hydrogen-bond donors (Lipinski definition) is 0. The maximum absolute atomic E-state index is 12.8. The van der Waals surface area contributed by atoms with Crippen LogP contribution in [0.3, 0.4) is 0 Å². The molecular formula is C63H114NO8P. The normalized spacial score (nSPS) is 13.8. The molecule has 2 atom stereocenters. The standard InChI is InChI=1S/C63H114NO8P/c1-6-8-10-12-14-16-18-20-22-23-24-25-26-27-28-29-30-31-32-33-34-35-36-37-38-39-40-41-42-44-46-48-50-52-54-56-63(66)72-61(60-71-73(67,68)70-58-57-64(3,4)5)59-69-62(65)55-53-51-49-47-45-43-21-19-17-15-13-11-9-7-2/h8,10,14,16,20,22,24-25,27-28,30-31,61H,6-7,9,11-13,15,17-19,21,23,26,29,32-60H2,1-5H3/b10-8-,16-14-,22-20-,25-24-,28-27-,31-30-. The molecule has 0 saturated heterocycles. The van der Waals surface area contributed by atoms with Crippen molar-refractivity contribution in [1.82, 2.24) is 0 Å². The number of nitrogens with zero attached hydrogens (tertiary/aromatic N) is 1. The number of unbranched alkanes of at least 4 members (excludes halogenated alkanes) is 29. The first-order valence-corrected chi connectivity index (χ1v) is 31.6. The number of likely N-dealkylation sites (N-methyl/N-ethyl adjacent to an activating group) is 1. The fourth-order valence-corrected chi connectivity index (χ4v) is 9.10. The lowest BCUT2D eigenvalue weighted by atomic mass is 10.0. The molecule has 0 aromatic rings. The Morgan fingerprint density at radius 2 is 0.781 bits per heavy atom. The fraction of sp³-hybridized carbons (Fsp3) is 0.778. The van der Waals surface area contributed by atoms with Crippen molar-refractivity contribution >= 4 is 19.8 Å². The third-order valence-electron chi connectivity index (χ3n) is 13.0. The highest BCUT2D eigenvalue weighted by atomic mass is 31.2. The third-order valence-corrected chi connectivity index (χ3v) is 14.0. The molecule has 424 valence electrons. The minimum atomic E-state index is -4.63. The molecule has 0 heterocycles. The zero-order valence-electron chi connectivity index (χ0n) is 48.1. The quantitative estimate of drug-likeness (QED) is 0.0195. The highest BCUT2D eigenvalue weighted by molar-refractivity contribution is 7.45. The second kappa shape index (κ2) is 54.2. The average Bonchev–Trinajstić information content (AvgIpc) is 3.35. The van der Waals surface area contributed by atoms with Crippen LogP contribution >= 0.6 is 7.82 Å². The molecule has 0 aromatic heterocycles. The van der Waals surface area contributed by atoms with Gasteiger partial charge in [0.05, 0.1) is 27.7 Å². The van der Waals surface area contributed by atoms with Gasteiger partial charge in [0.1, 0.15) is 19.8 Å². The number of phosphoric ester groups is 1. The van der Waals surface area contributed by atoms with Gasteiger partial charge in [-0.1, -0.05) is 260 Å². The molecule has 0 N–H and O–H groups in total. The van der Waals surface area contributed by atoms with Crippen LogP contribution in [-0.2, 0) is 32.7 Å². The van der Waals surface area contributed by atoms with E-state index >= 15 is 0 Å². The van der Waals surface area contributed by atoms with Gasteiger partial charge in [-0.25, -0.2) is 0 Å². The fourth-order valence-electron chi connectivity index (χ4n) is 8.37.